The lowest BCUT2D eigenvalue weighted by atomic mass is 10.1. The Labute approximate surface area is 145 Å². The quantitative estimate of drug-likeness (QED) is 0.618. The summed E-state index contributed by atoms with van der Waals surface area (Å²) in [6.45, 7) is 0. The second-order valence-electron chi connectivity index (χ2n) is 5.57. The molecule has 6 nitrogen and oxygen atoms in total. The van der Waals surface area contributed by atoms with Crippen molar-refractivity contribution >= 4 is 22.5 Å². The molecule has 0 aliphatic carbocycles. The van der Waals surface area contributed by atoms with Crippen LogP contribution < -0.4 is 14.8 Å². The topological polar surface area (TPSA) is 60.7 Å². The van der Waals surface area contributed by atoms with Crippen molar-refractivity contribution in [3.63, 3.8) is 0 Å². The van der Waals surface area contributed by atoms with E-state index in [-0.39, 0.29) is 0 Å². The van der Waals surface area contributed by atoms with Crippen LogP contribution in [0, 0.1) is 0 Å². The normalized spacial score (nSPS) is 11.0. The minimum atomic E-state index is 0.683. The zero-order chi connectivity index (χ0) is 17.4. The van der Waals surface area contributed by atoms with Crippen LogP contribution in [0.15, 0.2) is 48.7 Å². The maximum Gasteiger partial charge on any atom is 0.181 e. The van der Waals surface area contributed by atoms with E-state index in [4.69, 9.17) is 9.47 Å². The van der Waals surface area contributed by atoms with E-state index in [0.717, 1.165) is 33.8 Å². The molecule has 0 atom stereocenters. The SMILES string of the molecule is CNc1nc2ccccc2n2c(-c3ccc(OC)c(OC)c3)cnc12. The molecule has 0 radical (unpaired) electrons. The van der Waals surface area contributed by atoms with Crippen molar-refractivity contribution in [1.29, 1.82) is 0 Å². The van der Waals surface area contributed by atoms with Gasteiger partial charge in [-0.2, -0.15) is 0 Å². The molecule has 6 heteroatoms. The lowest BCUT2D eigenvalue weighted by Gasteiger charge is -2.11. The number of fused-ring (bicyclic) bond motifs is 3. The Morgan fingerprint density at radius 3 is 2.56 bits per heavy atom. The molecule has 126 valence electrons. The number of benzene rings is 2. The van der Waals surface area contributed by atoms with Gasteiger partial charge in [-0.05, 0) is 30.3 Å². The van der Waals surface area contributed by atoms with E-state index in [1.54, 1.807) is 14.2 Å². The molecule has 0 bridgehead atoms. The fraction of sp³-hybridized carbons (Fsp3) is 0.158. The highest BCUT2D eigenvalue weighted by molar-refractivity contribution is 5.86. The highest BCUT2D eigenvalue weighted by atomic mass is 16.5. The van der Waals surface area contributed by atoms with Gasteiger partial charge in [0.05, 0.1) is 37.1 Å². The largest absolute Gasteiger partial charge is 0.493 e. The Balaban J connectivity index is 2.04. The minimum absolute atomic E-state index is 0.683. The van der Waals surface area contributed by atoms with Crippen molar-refractivity contribution in [3.05, 3.63) is 48.7 Å². The van der Waals surface area contributed by atoms with Gasteiger partial charge in [0.15, 0.2) is 23.0 Å². The standard InChI is InChI=1S/C19H18N4O2/c1-20-18-19-21-11-15(12-8-9-16(24-2)17(10-12)25-3)23(19)14-7-5-4-6-13(14)22-18/h4-11H,1-3H3,(H,20,22). The van der Waals surface area contributed by atoms with E-state index >= 15 is 0 Å². The second-order valence-corrected chi connectivity index (χ2v) is 5.57. The van der Waals surface area contributed by atoms with Crippen LogP contribution in [0.1, 0.15) is 0 Å². The van der Waals surface area contributed by atoms with Crippen molar-refractivity contribution < 1.29 is 9.47 Å². The van der Waals surface area contributed by atoms with E-state index in [2.05, 4.69) is 19.7 Å². The second kappa shape index (κ2) is 5.98. The molecule has 4 rings (SSSR count). The summed E-state index contributed by atoms with van der Waals surface area (Å²) in [6.07, 6.45) is 1.85. The number of rotatable bonds is 4. The number of anilines is 1. The lowest BCUT2D eigenvalue weighted by molar-refractivity contribution is 0.355. The molecule has 2 aromatic carbocycles. The number of aromatic nitrogens is 3. The summed E-state index contributed by atoms with van der Waals surface area (Å²) in [4.78, 5) is 9.23. The van der Waals surface area contributed by atoms with E-state index in [9.17, 15) is 0 Å². The summed E-state index contributed by atoms with van der Waals surface area (Å²) < 4.78 is 12.9. The zero-order valence-electron chi connectivity index (χ0n) is 14.3. The van der Waals surface area contributed by atoms with Crippen molar-refractivity contribution in [2.24, 2.45) is 0 Å². The molecule has 0 saturated heterocycles. The van der Waals surface area contributed by atoms with Crippen LogP contribution in [-0.4, -0.2) is 35.6 Å². The van der Waals surface area contributed by atoms with Crippen LogP contribution in [0.25, 0.3) is 27.9 Å². The van der Waals surface area contributed by atoms with Gasteiger partial charge in [-0.25, -0.2) is 9.97 Å². The van der Waals surface area contributed by atoms with E-state index < -0.39 is 0 Å². The maximum atomic E-state index is 5.44. The number of nitrogens with zero attached hydrogens (tertiary/aromatic N) is 3. The predicted molar refractivity (Wildman–Crippen MR) is 98.6 cm³/mol. The van der Waals surface area contributed by atoms with Crippen LogP contribution >= 0.6 is 0 Å². The molecule has 0 saturated carbocycles. The molecule has 1 N–H and O–H groups in total. The molecule has 0 spiro atoms. The molecule has 0 fully saturated rings. The summed E-state index contributed by atoms with van der Waals surface area (Å²) >= 11 is 0. The number of methoxy groups -OCH3 is 2. The number of hydrogen-bond donors (Lipinski definition) is 1. The molecule has 4 aromatic rings. The smallest absolute Gasteiger partial charge is 0.181 e. The maximum absolute atomic E-state index is 5.44. The average molecular weight is 334 g/mol. The highest BCUT2D eigenvalue weighted by Gasteiger charge is 2.15. The molecule has 0 aliphatic heterocycles. The Hall–Kier alpha value is -3.28. The highest BCUT2D eigenvalue weighted by Crippen LogP contribution is 2.34. The number of imidazole rings is 1. The average Bonchev–Trinajstić information content (AvgIpc) is 3.12. The van der Waals surface area contributed by atoms with E-state index in [1.807, 2.05) is 55.7 Å². The van der Waals surface area contributed by atoms with Gasteiger partial charge in [0, 0.05) is 12.6 Å². The molecule has 0 unspecified atom stereocenters. The Morgan fingerprint density at radius 2 is 1.80 bits per heavy atom. The first-order valence-corrected chi connectivity index (χ1v) is 7.93. The van der Waals surface area contributed by atoms with Crippen LogP contribution in [0.2, 0.25) is 0 Å². The third-order valence-electron chi connectivity index (χ3n) is 4.24. The van der Waals surface area contributed by atoms with Crippen LogP contribution in [-0.2, 0) is 0 Å². The van der Waals surface area contributed by atoms with Gasteiger partial charge in [-0.3, -0.25) is 4.40 Å². The monoisotopic (exact) mass is 334 g/mol. The summed E-state index contributed by atoms with van der Waals surface area (Å²) in [5.74, 6) is 2.12. The van der Waals surface area contributed by atoms with Crippen LogP contribution in [0.4, 0.5) is 5.82 Å². The summed E-state index contributed by atoms with van der Waals surface area (Å²) in [7, 11) is 5.11. The fourth-order valence-electron chi connectivity index (χ4n) is 3.05. The Kier molecular flexibility index (Phi) is 3.65. The molecule has 2 aromatic heterocycles. The van der Waals surface area contributed by atoms with Crippen molar-refractivity contribution in [1.82, 2.24) is 14.4 Å². The number of para-hydroxylation sites is 2. The van der Waals surface area contributed by atoms with E-state index in [0.29, 0.717) is 11.5 Å². The fourth-order valence-corrected chi connectivity index (χ4v) is 3.05. The Bertz CT molecular complexity index is 1070. The van der Waals surface area contributed by atoms with Crippen molar-refractivity contribution in [2.45, 2.75) is 0 Å². The van der Waals surface area contributed by atoms with Gasteiger partial charge in [-0.15, -0.1) is 0 Å². The van der Waals surface area contributed by atoms with Crippen molar-refractivity contribution in [2.75, 3.05) is 26.6 Å². The number of hydrogen-bond acceptors (Lipinski definition) is 5. The van der Waals surface area contributed by atoms with Gasteiger partial charge in [0.2, 0.25) is 0 Å². The third kappa shape index (κ3) is 2.34. The van der Waals surface area contributed by atoms with Gasteiger partial charge in [0.1, 0.15) is 0 Å². The molecule has 0 amide bonds. The first kappa shape index (κ1) is 15.3. The number of nitrogens with one attached hydrogen (secondary N) is 1. The first-order chi connectivity index (χ1) is 12.3. The molecular weight excluding hydrogens is 316 g/mol. The van der Waals surface area contributed by atoms with Crippen molar-refractivity contribution in [3.8, 4) is 22.8 Å². The van der Waals surface area contributed by atoms with Gasteiger partial charge < -0.3 is 14.8 Å². The summed E-state index contributed by atoms with van der Waals surface area (Å²) in [6, 6.07) is 13.9. The van der Waals surface area contributed by atoms with E-state index in [1.165, 1.54) is 0 Å². The first-order valence-electron chi connectivity index (χ1n) is 7.93. The summed E-state index contributed by atoms with van der Waals surface area (Å²) in [5.41, 5.74) is 4.64. The van der Waals surface area contributed by atoms with Gasteiger partial charge in [-0.1, -0.05) is 12.1 Å². The molecular formula is C19H18N4O2. The Morgan fingerprint density at radius 1 is 1.00 bits per heavy atom. The summed E-state index contributed by atoms with van der Waals surface area (Å²) in [5, 5.41) is 3.13. The van der Waals surface area contributed by atoms with Crippen LogP contribution in [0.5, 0.6) is 11.5 Å². The molecule has 0 aliphatic rings. The lowest BCUT2D eigenvalue weighted by Crippen LogP contribution is -2.00. The number of ether oxygens (including phenoxy) is 2. The zero-order valence-corrected chi connectivity index (χ0v) is 14.3. The molecule has 2 heterocycles. The van der Waals surface area contributed by atoms with Gasteiger partial charge >= 0.3 is 0 Å². The minimum Gasteiger partial charge on any atom is -0.493 e. The molecule has 25 heavy (non-hydrogen) atoms. The third-order valence-corrected chi connectivity index (χ3v) is 4.24. The van der Waals surface area contributed by atoms with Crippen LogP contribution in [0.3, 0.4) is 0 Å². The van der Waals surface area contributed by atoms with Gasteiger partial charge in [0.25, 0.3) is 0 Å². The predicted octanol–water partition coefficient (Wildman–Crippen LogP) is 3.61.